The van der Waals surface area contributed by atoms with Crippen molar-refractivity contribution in [3.05, 3.63) is 29.8 Å². The van der Waals surface area contributed by atoms with Crippen molar-refractivity contribution in [3.63, 3.8) is 0 Å². The standard InChI is InChI=1S/C8H9N.C2H6/c1-2-4-8-7(3-1)5-6-9-8;1-2/h1-4,9H,5-6H2;1-2H3. The molecular formula is C10H15N. The SMILES string of the molecule is CC.c1ccc2c(c1)CCN2. The van der Waals surface area contributed by atoms with E-state index >= 15 is 0 Å². The Labute approximate surface area is 68.4 Å². The van der Waals surface area contributed by atoms with Crippen molar-refractivity contribution >= 4 is 5.69 Å². The molecule has 0 aromatic heterocycles. The van der Waals surface area contributed by atoms with Crippen LogP contribution in [0.3, 0.4) is 0 Å². The monoisotopic (exact) mass is 149 g/mol. The molecule has 1 N–H and O–H groups in total. The maximum atomic E-state index is 3.30. The molecule has 1 aromatic carbocycles. The van der Waals surface area contributed by atoms with Crippen LogP contribution in [-0.4, -0.2) is 6.54 Å². The molecule has 0 bridgehead atoms. The number of fused-ring (bicyclic) bond motifs is 1. The zero-order valence-electron chi connectivity index (χ0n) is 7.22. The minimum absolute atomic E-state index is 1.11. The molecule has 2 rings (SSSR count). The number of para-hydroxylation sites is 1. The molecule has 1 aliphatic heterocycles. The van der Waals surface area contributed by atoms with Crippen LogP contribution >= 0.6 is 0 Å². The summed E-state index contributed by atoms with van der Waals surface area (Å²) in [6.45, 7) is 5.11. The minimum atomic E-state index is 1.11. The second kappa shape index (κ2) is 4.02. The van der Waals surface area contributed by atoms with Crippen LogP contribution < -0.4 is 5.32 Å². The zero-order valence-corrected chi connectivity index (χ0v) is 7.22. The first-order chi connectivity index (χ1) is 5.47. The number of hydrogen-bond donors (Lipinski definition) is 1. The summed E-state index contributed by atoms with van der Waals surface area (Å²) in [6, 6.07) is 8.46. The Hall–Kier alpha value is -0.980. The van der Waals surface area contributed by atoms with Crippen LogP contribution in [0.4, 0.5) is 5.69 Å². The van der Waals surface area contributed by atoms with E-state index in [0.29, 0.717) is 0 Å². The second-order valence-electron chi connectivity index (χ2n) is 2.33. The van der Waals surface area contributed by atoms with Gasteiger partial charge in [-0.3, -0.25) is 0 Å². The number of anilines is 1. The second-order valence-corrected chi connectivity index (χ2v) is 2.33. The highest BCUT2D eigenvalue weighted by Crippen LogP contribution is 2.19. The van der Waals surface area contributed by atoms with Crippen molar-refractivity contribution in [2.45, 2.75) is 20.3 Å². The highest BCUT2D eigenvalue weighted by Gasteiger charge is 2.05. The number of nitrogens with one attached hydrogen (secondary N) is 1. The van der Waals surface area contributed by atoms with E-state index in [1.165, 1.54) is 17.7 Å². The van der Waals surface area contributed by atoms with Gasteiger partial charge in [-0.1, -0.05) is 32.0 Å². The fraction of sp³-hybridized carbons (Fsp3) is 0.400. The van der Waals surface area contributed by atoms with Gasteiger partial charge >= 0.3 is 0 Å². The Morgan fingerprint density at radius 1 is 1.18 bits per heavy atom. The molecule has 1 nitrogen and oxygen atoms in total. The van der Waals surface area contributed by atoms with Gasteiger partial charge in [0.1, 0.15) is 0 Å². The molecule has 1 aromatic rings. The summed E-state index contributed by atoms with van der Waals surface area (Å²) in [4.78, 5) is 0. The molecule has 0 atom stereocenters. The van der Waals surface area contributed by atoms with Crippen LogP contribution in [0.5, 0.6) is 0 Å². The van der Waals surface area contributed by atoms with Crippen molar-refractivity contribution in [1.82, 2.24) is 0 Å². The number of benzene rings is 1. The maximum absolute atomic E-state index is 3.30. The van der Waals surface area contributed by atoms with Crippen molar-refractivity contribution in [2.75, 3.05) is 11.9 Å². The number of rotatable bonds is 0. The van der Waals surface area contributed by atoms with E-state index in [9.17, 15) is 0 Å². The van der Waals surface area contributed by atoms with Gasteiger partial charge in [-0.15, -0.1) is 0 Å². The van der Waals surface area contributed by atoms with E-state index in [4.69, 9.17) is 0 Å². The Morgan fingerprint density at radius 2 is 1.91 bits per heavy atom. The van der Waals surface area contributed by atoms with Gasteiger partial charge in [-0.2, -0.15) is 0 Å². The normalized spacial score (nSPS) is 12.5. The average Bonchev–Trinajstić information content (AvgIpc) is 2.55. The minimum Gasteiger partial charge on any atom is -0.384 e. The molecule has 0 saturated heterocycles. The van der Waals surface area contributed by atoms with E-state index in [1.807, 2.05) is 13.8 Å². The highest BCUT2D eigenvalue weighted by atomic mass is 14.9. The van der Waals surface area contributed by atoms with E-state index in [2.05, 4.69) is 29.6 Å². The summed E-state index contributed by atoms with van der Waals surface area (Å²) >= 11 is 0. The fourth-order valence-corrected chi connectivity index (χ4v) is 1.24. The first-order valence-corrected chi connectivity index (χ1v) is 4.28. The van der Waals surface area contributed by atoms with E-state index in [-0.39, 0.29) is 0 Å². The summed E-state index contributed by atoms with van der Waals surface area (Å²) in [6.07, 6.45) is 1.19. The van der Waals surface area contributed by atoms with Gasteiger partial charge in [0.2, 0.25) is 0 Å². The first-order valence-electron chi connectivity index (χ1n) is 4.28. The van der Waals surface area contributed by atoms with E-state index in [1.54, 1.807) is 0 Å². The lowest BCUT2D eigenvalue weighted by molar-refractivity contribution is 1.11. The summed E-state index contributed by atoms with van der Waals surface area (Å²) < 4.78 is 0. The van der Waals surface area contributed by atoms with Crippen LogP contribution in [-0.2, 0) is 6.42 Å². The molecule has 0 aliphatic carbocycles. The number of hydrogen-bond acceptors (Lipinski definition) is 1. The molecular weight excluding hydrogens is 134 g/mol. The van der Waals surface area contributed by atoms with Gasteiger partial charge in [0.15, 0.2) is 0 Å². The van der Waals surface area contributed by atoms with Gasteiger partial charge in [0.05, 0.1) is 0 Å². The maximum Gasteiger partial charge on any atom is 0.0373 e. The molecule has 1 aliphatic rings. The van der Waals surface area contributed by atoms with E-state index in [0.717, 1.165) is 6.54 Å². The molecule has 0 spiro atoms. The van der Waals surface area contributed by atoms with Gasteiger partial charge < -0.3 is 5.32 Å². The zero-order chi connectivity index (χ0) is 8.10. The van der Waals surface area contributed by atoms with Gasteiger partial charge in [-0.05, 0) is 18.1 Å². The molecule has 60 valence electrons. The lowest BCUT2D eigenvalue weighted by Gasteiger charge is -1.94. The average molecular weight is 149 g/mol. The van der Waals surface area contributed by atoms with Crippen LogP contribution in [0.25, 0.3) is 0 Å². The third-order valence-electron chi connectivity index (χ3n) is 1.73. The van der Waals surface area contributed by atoms with Crippen molar-refractivity contribution in [3.8, 4) is 0 Å². The molecule has 0 amide bonds. The quantitative estimate of drug-likeness (QED) is 0.598. The van der Waals surface area contributed by atoms with Crippen molar-refractivity contribution in [2.24, 2.45) is 0 Å². The molecule has 0 unspecified atom stereocenters. The summed E-state index contributed by atoms with van der Waals surface area (Å²) in [5.74, 6) is 0. The Kier molecular flexibility index (Phi) is 2.96. The molecule has 0 radical (unpaired) electrons. The first kappa shape index (κ1) is 8.12. The van der Waals surface area contributed by atoms with E-state index < -0.39 is 0 Å². The Balaban J connectivity index is 0.000000281. The largest absolute Gasteiger partial charge is 0.384 e. The van der Waals surface area contributed by atoms with Gasteiger partial charge in [0.25, 0.3) is 0 Å². The topological polar surface area (TPSA) is 12.0 Å². The van der Waals surface area contributed by atoms with Crippen LogP contribution in [0.1, 0.15) is 19.4 Å². The smallest absolute Gasteiger partial charge is 0.0373 e. The van der Waals surface area contributed by atoms with Crippen molar-refractivity contribution in [1.29, 1.82) is 0 Å². The summed E-state index contributed by atoms with van der Waals surface area (Å²) in [5.41, 5.74) is 2.77. The lowest BCUT2D eigenvalue weighted by atomic mass is 10.2. The Morgan fingerprint density at radius 3 is 2.64 bits per heavy atom. The third kappa shape index (κ3) is 1.73. The highest BCUT2D eigenvalue weighted by molar-refractivity contribution is 5.54. The van der Waals surface area contributed by atoms with Gasteiger partial charge in [-0.25, -0.2) is 0 Å². The molecule has 0 fully saturated rings. The predicted octanol–water partition coefficient (Wildman–Crippen LogP) is 2.68. The third-order valence-corrected chi connectivity index (χ3v) is 1.73. The van der Waals surface area contributed by atoms with Crippen LogP contribution in [0.2, 0.25) is 0 Å². The Bertz CT molecular complexity index is 195. The van der Waals surface area contributed by atoms with Crippen molar-refractivity contribution < 1.29 is 0 Å². The summed E-state index contributed by atoms with van der Waals surface area (Å²) in [5, 5.41) is 3.30. The predicted molar refractivity (Wildman–Crippen MR) is 50.0 cm³/mol. The summed E-state index contributed by atoms with van der Waals surface area (Å²) in [7, 11) is 0. The molecule has 11 heavy (non-hydrogen) atoms. The fourth-order valence-electron chi connectivity index (χ4n) is 1.24. The van der Waals surface area contributed by atoms with Crippen LogP contribution in [0.15, 0.2) is 24.3 Å². The molecule has 0 saturated carbocycles. The van der Waals surface area contributed by atoms with Gasteiger partial charge in [0, 0.05) is 12.2 Å². The molecule has 1 heteroatoms. The molecule has 1 heterocycles. The van der Waals surface area contributed by atoms with Crippen LogP contribution in [0, 0.1) is 0 Å². The lowest BCUT2D eigenvalue weighted by Crippen LogP contribution is -1.90.